The second-order valence-electron chi connectivity index (χ2n) is 7.78. The van der Waals surface area contributed by atoms with Crippen molar-refractivity contribution in [3.8, 4) is 0 Å². The van der Waals surface area contributed by atoms with Crippen LogP contribution < -0.4 is 10.2 Å². The monoisotopic (exact) mass is 463 g/mol. The number of anilines is 2. The lowest BCUT2D eigenvalue weighted by atomic mass is 10.0. The van der Waals surface area contributed by atoms with E-state index in [4.69, 9.17) is 0 Å². The van der Waals surface area contributed by atoms with Crippen molar-refractivity contribution < 1.29 is 4.79 Å². The van der Waals surface area contributed by atoms with Crippen LogP contribution >= 0.6 is 23.1 Å². The number of hydrogen-bond donors (Lipinski definition) is 1. The van der Waals surface area contributed by atoms with Crippen LogP contribution in [0.25, 0.3) is 10.3 Å². The fourth-order valence-electron chi connectivity index (χ4n) is 3.20. The average molecular weight is 464 g/mol. The third-order valence-corrected chi connectivity index (χ3v) is 7.22. The normalized spacial score (nSPS) is 11.1. The van der Waals surface area contributed by atoms with E-state index in [9.17, 15) is 4.79 Å². The molecule has 0 unspecified atom stereocenters. The highest BCUT2D eigenvalue weighted by atomic mass is 32.2. The van der Waals surface area contributed by atoms with Crippen molar-refractivity contribution in [3.63, 3.8) is 0 Å². The van der Waals surface area contributed by atoms with Crippen LogP contribution in [0, 0.1) is 0 Å². The van der Waals surface area contributed by atoms with Gasteiger partial charge in [-0.2, -0.15) is 4.98 Å². The summed E-state index contributed by atoms with van der Waals surface area (Å²) in [7, 11) is 2.02. The molecule has 164 valence electrons. The third kappa shape index (κ3) is 5.44. The van der Waals surface area contributed by atoms with Crippen molar-refractivity contribution in [2.45, 2.75) is 31.3 Å². The lowest BCUT2D eigenvalue weighted by Gasteiger charge is -2.15. The maximum atomic E-state index is 12.5. The molecule has 1 N–H and O–H groups in total. The molecular formula is C24H25N5OS2. The maximum Gasteiger partial charge on any atom is 0.234 e. The number of aromatic nitrogens is 3. The molecule has 0 saturated carbocycles. The van der Waals surface area contributed by atoms with Gasteiger partial charge < -0.3 is 10.2 Å². The van der Waals surface area contributed by atoms with Gasteiger partial charge in [-0.1, -0.05) is 79.4 Å². The van der Waals surface area contributed by atoms with Crippen molar-refractivity contribution in [3.05, 3.63) is 72.1 Å². The van der Waals surface area contributed by atoms with E-state index in [0.717, 1.165) is 27.1 Å². The average Bonchev–Trinajstić information content (AvgIpc) is 3.24. The smallest absolute Gasteiger partial charge is 0.234 e. The molecule has 2 aromatic carbocycles. The maximum absolute atomic E-state index is 12.5. The number of rotatable bonds is 8. The van der Waals surface area contributed by atoms with Gasteiger partial charge in [-0.05, 0) is 29.2 Å². The van der Waals surface area contributed by atoms with E-state index in [2.05, 4.69) is 51.1 Å². The molecule has 2 heterocycles. The lowest BCUT2D eigenvalue weighted by Crippen LogP contribution is -2.15. The van der Waals surface area contributed by atoms with Crippen molar-refractivity contribution >= 4 is 50.2 Å². The van der Waals surface area contributed by atoms with Gasteiger partial charge in [0, 0.05) is 19.3 Å². The Bertz CT molecular complexity index is 1190. The van der Waals surface area contributed by atoms with Crippen LogP contribution in [0.3, 0.4) is 0 Å². The summed E-state index contributed by atoms with van der Waals surface area (Å²) in [4.78, 5) is 27.9. The number of thioether (sulfide) groups is 1. The number of amides is 1. The molecule has 4 rings (SSSR count). The van der Waals surface area contributed by atoms with Gasteiger partial charge in [0.25, 0.3) is 0 Å². The quantitative estimate of drug-likeness (QED) is 0.272. The Kier molecular flexibility index (Phi) is 7.02. The predicted octanol–water partition coefficient (Wildman–Crippen LogP) is 5.58. The fraction of sp³-hybridized carbons (Fsp3) is 0.250. The van der Waals surface area contributed by atoms with E-state index < -0.39 is 0 Å². The Morgan fingerprint density at radius 2 is 1.84 bits per heavy atom. The SMILES string of the molecule is CC(C)c1ccc(NC(=O)CSc2ncnc3nc(N(C)Cc4ccccc4)sc23)cc1. The second-order valence-corrected chi connectivity index (χ2v) is 9.72. The summed E-state index contributed by atoms with van der Waals surface area (Å²) in [6.45, 7) is 5.06. The van der Waals surface area contributed by atoms with E-state index in [0.29, 0.717) is 11.6 Å². The molecule has 32 heavy (non-hydrogen) atoms. The first-order valence-electron chi connectivity index (χ1n) is 10.4. The Morgan fingerprint density at radius 3 is 2.56 bits per heavy atom. The number of fused-ring (bicyclic) bond motifs is 1. The first-order valence-corrected chi connectivity index (χ1v) is 12.2. The van der Waals surface area contributed by atoms with Gasteiger partial charge in [-0.25, -0.2) is 9.97 Å². The first kappa shape index (κ1) is 22.2. The molecule has 0 atom stereocenters. The third-order valence-electron chi connectivity index (χ3n) is 4.94. The summed E-state index contributed by atoms with van der Waals surface area (Å²) in [6, 6.07) is 18.3. The molecular weight excluding hydrogens is 438 g/mol. The molecule has 1 amide bonds. The molecule has 0 aliphatic rings. The van der Waals surface area contributed by atoms with Gasteiger partial charge in [0.1, 0.15) is 16.1 Å². The number of nitrogens with zero attached hydrogens (tertiary/aromatic N) is 4. The number of hydrogen-bond acceptors (Lipinski definition) is 7. The number of nitrogens with one attached hydrogen (secondary N) is 1. The zero-order valence-corrected chi connectivity index (χ0v) is 19.9. The van der Waals surface area contributed by atoms with Crippen LogP contribution in [0.15, 0.2) is 66.0 Å². The fourth-order valence-corrected chi connectivity index (χ4v) is 5.05. The van der Waals surface area contributed by atoms with Crippen LogP contribution in [-0.4, -0.2) is 33.7 Å². The summed E-state index contributed by atoms with van der Waals surface area (Å²) in [5.41, 5.74) is 3.93. The first-order chi connectivity index (χ1) is 15.5. The molecule has 0 fully saturated rings. The summed E-state index contributed by atoms with van der Waals surface area (Å²) in [5, 5.41) is 4.60. The zero-order chi connectivity index (χ0) is 22.5. The minimum absolute atomic E-state index is 0.0648. The van der Waals surface area contributed by atoms with Crippen LogP contribution in [0.4, 0.5) is 10.8 Å². The number of carbonyl (C=O) groups is 1. The van der Waals surface area contributed by atoms with Crippen LogP contribution in [-0.2, 0) is 11.3 Å². The summed E-state index contributed by atoms with van der Waals surface area (Å²) in [6.07, 6.45) is 1.51. The van der Waals surface area contributed by atoms with Crippen molar-refractivity contribution in [2.24, 2.45) is 0 Å². The van der Waals surface area contributed by atoms with E-state index in [1.807, 2.05) is 49.5 Å². The van der Waals surface area contributed by atoms with Gasteiger partial charge in [0.2, 0.25) is 5.91 Å². The number of thiazole rings is 1. The van der Waals surface area contributed by atoms with Gasteiger partial charge in [-0.3, -0.25) is 4.79 Å². The molecule has 0 aliphatic carbocycles. The Morgan fingerprint density at radius 1 is 1.09 bits per heavy atom. The molecule has 4 aromatic rings. The standard InChI is InChI=1S/C24H25N5OS2/c1-16(2)18-9-11-19(12-10-18)27-20(30)14-31-23-21-22(25-15-26-23)28-24(32-21)29(3)13-17-7-5-4-6-8-17/h4-12,15-16H,13-14H2,1-3H3,(H,27,30). The largest absolute Gasteiger partial charge is 0.347 e. The van der Waals surface area contributed by atoms with E-state index in [-0.39, 0.29) is 11.7 Å². The molecule has 6 nitrogen and oxygen atoms in total. The summed E-state index contributed by atoms with van der Waals surface area (Å²) < 4.78 is 0.904. The molecule has 0 radical (unpaired) electrons. The molecule has 0 bridgehead atoms. The summed E-state index contributed by atoms with van der Waals surface area (Å²) >= 11 is 2.95. The molecule has 0 aliphatic heterocycles. The lowest BCUT2D eigenvalue weighted by molar-refractivity contribution is -0.113. The highest BCUT2D eigenvalue weighted by Gasteiger charge is 2.15. The Balaban J connectivity index is 1.41. The van der Waals surface area contributed by atoms with Crippen LogP contribution in [0.1, 0.15) is 30.9 Å². The van der Waals surface area contributed by atoms with E-state index in [1.165, 1.54) is 29.2 Å². The predicted molar refractivity (Wildman–Crippen MR) is 134 cm³/mol. The Hall–Kier alpha value is -2.97. The number of carbonyl (C=O) groups excluding carboxylic acids is 1. The zero-order valence-electron chi connectivity index (χ0n) is 18.3. The highest BCUT2D eigenvalue weighted by Crippen LogP contribution is 2.33. The molecule has 8 heteroatoms. The molecule has 2 aromatic heterocycles. The van der Waals surface area contributed by atoms with Gasteiger partial charge in [-0.15, -0.1) is 0 Å². The van der Waals surface area contributed by atoms with Crippen molar-refractivity contribution in [2.75, 3.05) is 23.0 Å². The molecule has 0 spiro atoms. The highest BCUT2D eigenvalue weighted by molar-refractivity contribution is 8.00. The van der Waals surface area contributed by atoms with Crippen molar-refractivity contribution in [1.29, 1.82) is 0 Å². The van der Waals surface area contributed by atoms with Gasteiger partial charge in [0.15, 0.2) is 10.8 Å². The van der Waals surface area contributed by atoms with Crippen molar-refractivity contribution in [1.82, 2.24) is 15.0 Å². The summed E-state index contributed by atoms with van der Waals surface area (Å²) in [5.74, 6) is 0.669. The van der Waals surface area contributed by atoms with Gasteiger partial charge in [0.05, 0.1) is 5.75 Å². The van der Waals surface area contributed by atoms with E-state index in [1.54, 1.807) is 11.3 Å². The number of benzene rings is 2. The second kappa shape index (κ2) is 10.1. The van der Waals surface area contributed by atoms with Crippen LogP contribution in [0.2, 0.25) is 0 Å². The topological polar surface area (TPSA) is 71.0 Å². The minimum Gasteiger partial charge on any atom is -0.347 e. The van der Waals surface area contributed by atoms with Gasteiger partial charge >= 0.3 is 0 Å². The minimum atomic E-state index is -0.0648. The molecule has 0 saturated heterocycles. The Labute approximate surface area is 196 Å². The van der Waals surface area contributed by atoms with E-state index >= 15 is 0 Å². The van der Waals surface area contributed by atoms with Crippen LogP contribution in [0.5, 0.6) is 0 Å².